The SMILES string of the molecule is CC(=O)c1sc(NCC(C)(C)N(C)C)c(C2CC2)c1N. The summed E-state index contributed by atoms with van der Waals surface area (Å²) in [5.74, 6) is 0.610. The summed E-state index contributed by atoms with van der Waals surface area (Å²) in [4.78, 5) is 14.6. The molecule has 2 rings (SSSR count). The average molecular weight is 295 g/mol. The zero-order chi connectivity index (χ0) is 15.1. The van der Waals surface area contributed by atoms with E-state index in [1.165, 1.54) is 29.7 Å². The van der Waals surface area contributed by atoms with Crippen LogP contribution in [0.1, 0.15) is 54.8 Å². The summed E-state index contributed by atoms with van der Waals surface area (Å²) >= 11 is 1.51. The van der Waals surface area contributed by atoms with Gasteiger partial charge in [-0.3, -0.25) is 4.79 Å². The Balaban J connectivity index is 2.23. The molecule has 1 aliphatic carbocycles. The third-order valence-corrected chi connectivity index (χ3v) is 5.46. The lowest BCUT2D eigenvalue weighted by Gasteiger charge is -2.33. The van der Waals surface area contributed by atoms with E-state index in [1.807, 2.05) is 0 Å². The van der Waals surface area contributed by atoms with Gasteiger partial charge in [0.2, 0.25) is 0 Å². The number of likely N-dealkylation sites (N-methyl/N-ethyl adjacent to an activating group) is 1. The summed E-state index contributed by atoms with van der Waals surface area (Å²) in [5, 5.41) is 4.61. The first kappa shape index (κ1) is 15.3. The fourth-order valence-electron chi connectivity index (χ4n) is 2.08. The van der Waals surface area contributed by atoms with Gasteiger partial charge in [0.25, 0.3) is 0 Å². The lowest BCUT2D eigenvalue weighted by molar-refractivity contribution is 0.102. The summed E-state index contributed by atoms with van der Waals surface area (Å²) in [5.41, 5.74) is 8.12. The van der Waals surface area contributed by atoms with E-state index < -0.39 is 0 Å². The highest BCUT2D eigenvalue weighted by Gasteiger charge is 2.33. The number of nitrogens with one attached hydrogen (secondary N) is 1. The Morgan fingerprint density at radius 3 is 2.50 bits per heavy atom. The molecule has 1 fully saturated rings. The molecule has 0 unspecified atom stereocenters. The molecule has 1 heterocycles. The minimum absolute atomic E-state index is 0.0515. The molecule has 20 heavy (non-hydrogen) atoms. The molecule has 0 aromatic carbocycles. The molecule has 3 N–H and O–H groups in total. The Kier molecular flexibility index (Phi) is 4.12. The number of Topliss-reactive ketones (excluding diaryl/α,β-unsaturated/α-hetero) is 1. The van der Waals surface area contributed by atoms with Crippen molar-refractivity contribution in [3.8, 4) is 0 Å². The third kappa shape index (κ3) is 2.99. The summed E-state index contributed by atoms with van der Waals surface area (Å²) in [7, 11) is 4.15. The van der Waals surface area contributed by atoms with Gasteiger partial charge < -0.3 is 16.0 Å². The summed E-state index contributed by atoms with van der Waals surface area (Å²) < 4.78 is 0. The maximum Gasteiger partial charge on any atom is 0.171 e. The molecule has 0 radical (unpaired) electrons. The molecule has 0 atom stereocenters. The lowest BCUT2D eigenvalue weighted by Crippen LogP contribution is -2.44. The predicted octanol–water partition coefficient (Wildman–Crippen LogP) is 3.16. The topological polar surface area (TPSA) is 58.4 Å². The number of ketones is 1. The van der Waals surface area contributed by atoms with Crippen LogP contribution in [-0.4, -0.2) is 36.9 Å². The van der Waals surface area contributed by atoms with Gasteiger partial charge in [0.05, 0.1) is 15.6 Å². The highest BCUT2D eigenvalue weighted by molar-refractivity contribution is 7.18. The van der Waals surface area contributed by atoms with Crippen molar-refractivity contribution in [1.82, 2.24) is 4.90 Å². The molecule has 5 heteroatoms. The number of rotatable bonds is 6. The van der Waals surface area contributed by atoms with Crippen LogP contribution in [0, 0.1) is 0 Å². The van der Waals surface area contributed by atoms with Gasteiger partial charge in [0, 0.05) is 24.6 Å². The Labute approximate surface area is 125 Å². The van der Waals surface area contributed by atoms with Crippen LogP contribution in [0.25, 0.3) is 0 Å². The van der Waals surface area contributed by atoms with Crippen LogP contribution >= 0.6 is 11.3 Å². The van der Waals surface area contributed by atoms with Crippen molar-refractivity contribution in [2.75, 3.05) is 31.7 Å². The van der Waals surface area contributed by atoms with E-state index >= 15 is 0 Å². The standard InChI is InChI=1S/C15H25N3OS/c1-9(19)13-12(16)11(10-6-7-10)14(20-13)17-8-15(2,3)18(4)5/h10,17H,6-8,16H2,1-5H3. The van der Waals surface area contributed by atoms with Gasteiger partial charge in [0.1, 0.15) is 0 Å². The van der Waals surface area contributed by atoms with Crippen LogP contribution in [0.4, 0.5) is 10.7 Å². The molecule has 112 valence electrons. The van der Waals surface area contributed by atoms with E-state index in [1.54, 1.807) is 6.92 Å². The molecule has 0 bridgehead atoms. The Hall–Kier alpha value is -1.07. The van der Waals surface area contributed by atoms with Gasteiger partial charge in [-0.1, -0.05) is 0 Å². The largest absolute Gasteiger partial charge is 0.397 e. The zero-order valence-electron chi connectivity index (χ0n) is 13.0. The lowest BCUT2D eigenvalue weighted by atomic mass is 10.0. The Morgan fingerprint density at radius 2 is 2.05 bits per heavy atom. The first-order valence-corrected chi connectivity index (χ1v) is 7.90. The number of carbonyl (C=O) groups is 1. The summed E-state index contributed by atoms with van der Waals surface area (Å²) in [6, 6.07) is 0. The normalized spacial score (nSPS) is 15.7. The Morgan fingerprint density at radius 1 is 1.45 bits per heavy atom. The number of hydrogen-bond acceptors (Lipinski definition) is 5. The van der Waals surface area contributed by atoms with E-state index in [0.717, 1.165) is 11.5 Å². The molecule has 1 aliphatic rings. The number of nitrogens with two attached hydrogens (primary N) is 1. The number of anilines is 2. The first-order valence-electron chi connectivity index (χ1n) is 7.08. The maximum absolute atomic E-state index is 11.7. The maximum atomic E-state index is 11.7. The number of nitrogens with zero attached hydrogens (tertiary/aromatic N) is 1. The van der Waals surface area contributed by atoms with Crippen LogP contribution in [0.5, 0.6) is 0 Å². The highest BCUT2D eigenvalue weighted by atomic mass is 32.1. The molecule has 1 saturated carbocycles. The van der Waals surface area contributed by atoms with E-state index in [2.05, 4.69) is 38.2 Å². The van der Waals surface area contributed by atoms with Gasteiger partial charge >= 0.3 is 0 Å². The van der Waals surface area contributed by atoms with Crippen molar-refractivity contribution in [1.29, 1.82) is 0 Å². The number of carbonyl (C=O) groups excluding carboxylic acids is 1. The highest BCUT2D eigenvalue weighted by Crippen LogP contribution is 2.50. The van der Waals surface area contributed by atoms with Gasteiger partial charge in [0.15, 0.2) is 5.78 Å². The summed E-state index contributed by atoms with van der Waals surface area (Å²) in [6.07, 6.45) is 2.37. The van der Waals surface area contributed by atoms with Gasteiger partial charge in [-0.25, -0.2) is 0 Å². The van der Waals surface area contributed by atoms with Gasteiger partial charge in [-0.2, -0.15) is 0 Å². The van der Waals surface area contributed by atoms with Crippen molar-refractivity contribution in [2.45, 2.75) is 45.1 Å². The predicted molar refractivity (Wildman–Crippen MR) is 87.0 cm³/mol. The van der Waals surface area contributed by atoms with Crippen LogP contribution in [0.3, 0.4) is 0 Å². The van der Waals surface area contributed by atoms with Gasteiger partial charge in [-0.05, 0) is 46.7 Å². The van der Waals surface area contributed by atoms with Crippen LogP contribution in [0.2, 0.25) is 0 Å². The van der Waals surface area contributed by atoms with E-state index in [0.29, 0.717) is 16.5 Å². The van der Waals surface area contributed by atoms with E-state index in [9.17, 15) is 4.79 Å². The number of thiophene rings is 1. The van der Waals surface area contributed by atoms with Crippen molar-refractivity contribution >= 4 is 27.8 Å². The number of nitrogen functional groups attached to an aromatic ring is 1. The van der Waals surface area contributed by atoms with Crippen LogP contribution < -0.4 is 11.1 Å². The molecule has 0 aliphatic heterocycles. The summed E-state index contributed by atoms with van der Waals surface area (Å²) in [6.45, 7) is 6.81. The quantitative estimate of drug-likeness (QED) is 0.792. The fraction of sp³-hybridized carbons (Fsp3) is 0.667. The minimum Gasteiger partial charge on any atom is -0.397 e. The molecular weight excluding hydrogens is 270 g/mol. The third-order valence-electron chi connectivity index (χ3n) is 4.18. The number of hydrogen-bond donors (Lipinski definition) is 2. The van der Waals surface area contributed by atoms with Crippen LogP contribution in [0.15, 0.2) is 0 Å². The monoisotopic (exact) mass is 295 g/mol. The van der Waals surface area contributed by atoms with Crippen molar-refractivity contribution < 1.29 is 4.79 Å². The Bertz CT molecular complexity index is 515. The second-order valence-electron chi connectivity index (χ2n) is 6.48. The second-order valence-corrected chi connectivity index (χ2v) is 7.50. The molecule has 0 spiro atoms. The fourth-order valence-corrected chi connectivity index (χ4v) is 3.18. The first-order chi connectivity index (χ1) is 9.24. The smallest absolute Gasteiger partial charge is 0.171 e. The van der Waals surface area contributed by atoms with Crippen molar-refractivity contribution in [3.63, 3.8) is 0 Å². The van der Waals surface area contributed by atoms with Crippen molar-refractivity contribution in [3.05, 3.63) is 10.4 Å². The van der Waals surface area contributed by atoms with E-state index in [4.69, 9.17) is 5.73 Å². The molecule has 4 nitrogen and oxygen atoms in total. The van der Waals surface area contributed by atoms with E-state index in [-0.39, 0.29) is 11.3 Å². The molecule has 1 aromatic rings. The second kappa shape index (κ2) is 5.37. The van der Waals surface area contributed by atoms with Crippen LogP contribution in [-0.2, 0) is 0 Å². The zero-order valence-corrected chi connectivity index (χ0v) is 13.9. The minimum atomic E-state index is 0.0515. The molecule has 0 saturated heterocycles. The van der Waals surface area contributed by atoms with Gasteiger partial charge in [-0.15, -0.1) is 11.3 Å². The molecule has 0 amide bonds. The molecule has 1 aromatic heterocycles. The van der Waals surface area contributed by atoms with Crippen molar-refractivity contribution in [2.24, 2.45) is 0 Å². The molecular formula is C15H25N3OS. The average Bonchev–Trinajstić information content (AvgIpc) is 3.11.